The van der Waals surface area contributed by atoms with Crippen molar-refractivity contribution < 1.29 is 14.1 Å². The van der Waals surface area contributed by atoms with Gasteiger partial charge in [0, 0.05) is 43.1 Å². The van der Waals surface area contributed by atoms with Gasteiger partial charge in [0.25, 0.3) is 0 Å². The molecule has 0 aliphatic carbocycles. The third-order valence-electron chi connectivity index (χ3n) is 5.74. The zero-order valence-corrected chi connectivity index (χ0v) is 18.7. The van der Waals surface area contributed by atoms with E-state index in [1.807, 2.05) is 69.9 Å². The van der Waals surface area contributed by atoms with Crippen molar-refractivity contribution in [1.82, 2.24) is 15.4 Å². The summed E-state index contributed by atoms with van der Waals surface area (Å²) in [5.74, 6) is 0.723. The molecule has 0 spiro atoms. The quantitative estimate of drug-likeness (QED) is 0.807. The average molecular weight is 412 g/mol. The molecule has 2 amide bonds. The topological polar surface area (TPSA) is 75.4 Å². The van der Waals surface area contributed by atoms with E-state index in [4.69, 9.17) is 4.52 Å². The van der Waals surface area contributed by atoms with Crippen molar-refractivity contribution in [3.05, 3.63) is 41.7 Å². The van der Waals surface area contributed by atoms with E-state index in [0.717, 1.165) is 17.7 Å². The van der Waals surface area contributed by atoms with Crippen molar-refractivity contribution in [2.75, 3.05) is 19.6 Å². The Bertz CT molecular complexity index is 895. The highest BCUT2D eigenvalue weighted by Crippen LogP contribution is 2.36. The van der Waals surface area contributed by atoms with Crippen LogP contribution in [-0.2, 0) is 16.0 Å². The fourth-order valence-corrected chi connectivity index (χ4v) is 4.13. The van der Waals surface area contributed by atoms with Gasteiger partial charge in [-0.3, -0.25) is 9.59 Å². The molecule has 1 aliphatic rings. The van der Waals surface area contributed by atoms with Crippen LogP contribution in [0.15, 0.2) is 34.9 Å². The van der Waals surface area contributed by atoms with Crippen LogP contribution in [0.25, 0.3) is 11.3 Å². The molecule has 0 bridgehead atoms. The fraction of sp³-hybridized carbons (Fsp3) is 0.542. The van der Waals surface area contributed by atoms with Gasteiger partial charge in [0.2, 0.25) is 11.8 Å². The lowest BCUT2D eigenvalue weighted by Gasteiger charge is -2.43. The predicted molar refractivity (Wildman–Crippen MR) is 117 cm³/mol. The normalized spacial score (nSPS) is 19.6. The second-order valence-corrected chi connectivity index (χ2v) is 9.44. The number of likely N-dealkylation sites (tertiary alicyclic amines) is 1. The molecule has 2 heterocycles. The molecule has 0 saturated carbocycles. The number of aryl methyl sites for hydroxylation is 1. The van der Waals surface area contributed by atoms with Gasteiger partial charge in [0.05, 0.1) is 5.41 Å². The first-order chi connectivity index (χ1) is 14.1. The van der Waals surface area contributed by atoms with E-state index >= 15 is 0 Å². The summed E-state index contributed by atoms with van der Waals surface area (Å²) in [6.45, 7) is 11.3. The van der Waals surface area contributed by atoms with E-state index in [-0.39, 0.29) is 11.8 Å². The van der Waals surface area contributed by atoms with Crippen LogP contribution in [0, 0.1) is 17.8 Å². The van der Waals surface area contributed by atoms with Gasteiger partial charge in [0.15, 0.2) is 0 Å². The lowest BCUT2D eigenvalue weighted by molar-refractivity contribution is -0.147. The summed E-state index contributed by atoms with van der Waals surface area (Å²) < 4.78 is 5.63. The molecule has 30 heavy (non-hydrogen) atoms. The minimum Gasteiger partial charge on any atom is -0.361 e. The monoisotopic (exact) mass is 411 g/mol. The molecule has 2 aromatic rings. The molecular weight excluding hydrogens is 378 g/mol. The second-order valence-electron chi connectivity index (χ2n) is 9.44. The minimum atomic E-state index is -0.709. The SMILES string of the molecule is CCNC(=O)[C@]1(Cc2cc(-c3ccc(C)cc3)no2)CCCN(C(=O)C(C)(C)C)C1. The third-order valence-corrected chi connectivity index (χ3v) is 5.74. The maximum absolute atomic E-state index is 13.1. The number of nitrogens with one attached hydrogen (secondary N) is 1. The van der Waals surface area contributed by atoms with Gasteiger partial charge in [0.1, 0.15) is 11.5 Å². The number of hydrogen-bond donors (Lipinski definition) is 1. The molecule has 3 rings (SSSR count). The van der Waals surface area contributed by atoms with Gasteiger partial charge in [-0.25, -0.2) is 0 Å². The highest BCUT2D eigenvalue weighted by molar-refractivity contribution is 5.86. The maximum Gasteiger partial charge on any atom is 0.228 e. The number of amides is 2. The van der Waals surface area contributed by atoms with Crippen molar-refractivity contribution in [3.63, 3.8) is 0 Å². The lowest BCUT2D eigenvalue weighted by atomic mass is 9.74. The van der Waals surface area contributed by atoms with E-state index < -0.39 is 10.8 Å². The molecule has 6 nitrogen and oxygen atoms in total. The third kappa shape index (κ3) is 4.74. The smallest absolute Gasteiger partial charge is 0.228 e. The zero-order valence-electron chi connectivity index (χ0n) is 18.7. The molecule has 0 radical (unpaired) electrons. The number of carbonyl (C=O) groups is 2. The van der Waals surface area contributed by atoms with Crippen LogP contribution >= 0.6 is 0 Å². The zero-order chi connectivity index (χ0) is 21.9. The Morgan fingerprint density at radius 1 is 1.23 bits per heavy atom. The Morgan fingerprint density at radius 2 is 1.93 bits per heavy atom. The summed E-state index contributed by atoms with van der Waals surface area (Å²) in [5, 5.41) is 7.20. The Hall–Kier alpha value is -2.63. The van der Waals surface area contributed by atoms with E-state index in [0.29, 0.717) is 38.2 Å². The largest absolute Gasteiger partial charge is 0.361 e. The van der Waals surface area contributed by atoms with Crippen LogP contribution in [0.3, 0.4) is 0 Å². The molecule has 162 valence electrons. The highest BCUT2D eigenvalue weighted by Gasteiger charge is 2.45. The van der Waals surface area contributed by atoms with Crippen molar-refractivity contribution in [2.45, 2.75) is 53.9 Å². The summed E-state index contributed by atoms with van der Waals surface area (Å²) in [6, 6.07) is 10.0. The molecule has 0 unspecified atom stereocenters. The molecule has 1 aliphatic heterocycles. The maximum atomic E-state index is 13.1. The van der Waals surface area contributed by atoms with Gasteiger partial charge in [-0.1, -0.05) is 55.8 Å². The van der Waals surface area contributed by atoms with E-state index in [9.17, 15) is 9.59 Å². The number of carbonyl (C=O) groups excluding carboxylic acids is 2. The summed E-state index contributed by atoms with van der Waals surface area (Å²) >= 11 is 0. The van der Waals surface area contributed by atoms with Crippen LogP contribution in [0.2, 0.25) is 0 Å². The molecule has 1 atom stereocenters. The fourth-order valence-electron chi connectivity index (χ4n) is 4.13. The number of piperidine rings is 1. The summed E-state index contributed by atoms with van der Waals surface area (Å²) in [6.07, 6.45) is 1.93. The van der Waals surface area contributed by atoms with E-state index in [2.05, 4.69) is 10.5 Å². The Labute approximate surface area is 179 Å². The highest BCUT2D eigenvalue weighted by atomic mass is 16.5. The molecule has 1 fully saturated rings. The average Bonchev–Trinajstić information content (AvgIpc) is 3.15. The summed E-state index contributed by atoms with van der Waals surface area (Å²) in [7, 11) is 0. The number of aromatic nitrogens is 1. The van der Waals surface area contributed by atoms with Crippen LogP contribution in [0.4, 0.5) is 0 Å². The van der Waals surface area contributed by atoms with Crippen LogP contribution in [0.5, 0.6) is 0 Å². The number of hydrogen-bond acceptors (Lipinski definition) is 4. The molecule has 1 N–H and O–H groups in total. The number of nitrogens with zero attached hydrogens (tertiary/aromatic N) is 2. The molecule has 1 aromatic heterocycles. The Morgan fingerprint density at radius 3 is 2.57 bits per heavy atom. The minimum absolute atomic E-state index is 0.0234. The first kappa shape index (κ1) is 22.1. The molecular formula is C24H33N3O3. The van der Waals surface area contributed by atoms with Gasteiger partial charge in [-0.2, -0.15) is 0 Å². The van der Waals surface area contributed by atoms with Crippen molar-refractivity contribution in [2.24, 2.45) is 10.8 Å². The molecule has 6 heteroatoms. The van der Waals surface area contributed by atoms with Crippen molar-refractivity contribution in [1.29, 1.82) is 0 Å². The Balaban J connectivity index is 1.86. The van der Waals surface area contributed by atoms with Crippen molar-refractivity contribution in [3.8, 4) is 11.3 Å². The van der Waals surface area contributed by atoms with Crippen molar-refractivity contribution >= 4 is 11.8 Å². The van der Waals surface area contributed by atoms with E-state index in [1.165, 1.54) is 5.56 Å². The Kier molecular flexibility index (Phi) is 6.34. The van der Waals surface area contributed by atoms with E-state index in [1.54, 1.807) is 0 Å². The van der Waals surface area contributed by atoms with Crippen LogP contribution < -0.4 is 5.32 Å². The summed E-state index contributed by atoms with van der Waals surface area (Å²) in [4.78, 5) is 27.9. The van der Waals surface area contributed by atoms with Gasteiger partial charge in [-0.15, -0.1) is 0 Å². The lowest BCUT2D eigenvalue weighted by Crippen LogP contribution is -2.56. The van der Waals surface area contributed by atoms with Gasteiger partial charge in [-0.05, 0) is 26.7 Å². The summed E-state index contributed by atoms with van der Waals surface area (Å²) in [5.41, 5.74) is 1.74. The second kappa shape index (κ2) is 8.62. The standard InChI is InChI=1S/C24H33N3O3/c1-6-25-21(28)24(12-7-13-27(16-24)22(29)23(3,4)5)15-19-14-20(26-30-19)18-10-8-17(2)9-11-18/h8-11,14H,6-7,12-13,15-16H2,1-5H3,(H,25,28)/t24-/m0/s1. The number of rotatable bonds is 5. The first-order valence-corrected chi connectivity index (χ1v) is 10.7. The molecule has 1 saturated heterocycles. The van der Waals surface area contributed by atoms with Gasteiger partial charge >= 0.3 is 0 Å². The first-order valence-electron chi connectivity index (χ1n) is 10.7. The predicted octanol–water partition coefficient (Wildman–Crippen LogP) is 3.98. The number of benzene rings is 1. The van der Waals surface area contributed by atoms with Gasteiger partial charge < -0.3 is 14.7 Å². The van der Waals surface area contributed by atoms with Crippen LogP contribution in [-0.4, -0.2) is 41.5 Å². The molecule has 1 aromatic carbocycles. The van der Waals surface area contributed by atoms with Crippen LogP contribution in [0.1, 0.15) is 51.9 Å².